The summed E-state index contributed by atoms with van der Waals surface area (Å²) < 4.78 is 1.86. The Morgan fingerprint density at radius 2 is 2.00 bits per heavy atom. The summed E-state index contributed by atoms with van der Waals surface area (Å²) >= 11 is 1.76. The van der Waals surface area contributed by atoms with Gasteiger partial charge in [0.05, 0.1) is 12.2 Å². The zero-order valence-electron chi connectivity index (χ0n) is 14.0. The SMILES string of the molecule is CN=C(NCc1ccnn1C)N(C)Cc1ccc(SC)cc1.I. The van der Waals surface area contributed by atoms with Crippen LogP contribution in [0.25, 0.3) is 0 Å². The second kappa shape index (κ2) is 9.82. The molecule has 0 aliphatic heterocycles. The number of benzene rings is 1. The molecule has 2 rings (SSSR count). The summed E-state index contributed by atoms with van der Waals surface area (Å²) in [6.45, 7) is 1.53. The Morgan fingerprint density at radius 3 is 2.52 bits per heavy atom. The maximum absolute atomic E-state index is 4.34. The molecule has 0 fully saturated rings. The van der Waals surface area contributed by atoms with E-state index in [2.05, 4.69) is 50.8 Å². The molecule has 1 heterocycles. The van der Waals surface area contributed by atoms with Gasteiger partial charge < -0.3 is 10.2 Å². The highest BCUT2D eigenvalue weighted by molar-refractivity contribution is 14.0. The summed E-state index contributed by atoms with van der Waals surface area (Å²) in [6, 6.07) is 10.6. The number of halogens is 1. The number of nitrogens with one attached hydrogen (secondary N) is 1. The molecule has 5 nitrogen and oxygen atoms in total. The van der Waals surface area contributed by atoms with Crippen LogP contribution in [0, 0.1) is 0 Å². The third-order valence-corrected chi connectivity index (χ3v) is 4.25. The lowest BCUT2D eigenvalue weighted by molar-refractivity contribution is 0.474. The van der Waals surface area contributed by atoms with E-state index in [9.17, 15) is 0 Å². The van der Waals surface area contributed by atoms with Crippen molar-refractivity contribution in [3.63, 3.8) is 0 Å². The number of guanidine groups is 1. The third kappa shape index (κ3) is 5.72. The van der Waals surface area contributed by atoms with Crippen molar-refractivity contribution in [2.45, 2.75) is 18.0 Å². The fourth-order valence-corrected chi connectivity index (χ4v) is 2.62. The molecule has 0 aliphatic carbocycles. The van der Waals surface area contributed by atoms with Crippen LogP contribution in [0.2, 0.25) is 0 Å². The Morgan fingerprint density at radius 1 is 1.30 bits per heavy atom. The van der Waals surface area contributed by atoms with E-state index < -0.39 is 0 Å². The van der Waals surface area contributed by atoms with E-state index >= 15 is 0 Å². The number of aliphatic imine (C=N–C) groups is 1. The molecular formula is C16H24IN5S. The lowest BCUT2D eigenvalue weighted by Crippen LogP contribution is -2.38. The van der Waals surface area contributed by atoms with Crippen molar-refractivity contribution in [2.75, 3.05) is 20.4 Å². The lowest BCUT2D eigenvalue weighted by Gasteiger charge is -2.22. The molecule has 0 saturated heterocycles. The fourth-order valence-electron chi connectivity index (χ4n) is 2.21. The molecule has 7 heteroatoms. The van der Waals surface area contributed by atoms with Crippen LogP contribution >= 0.6 is 35.7 Å². The minimum Gasteiger partial charge on any atom is -0.351 e. The van der Waals surface area contributed by atoms with Crippen molar-refractivity contribution in [2.24, 2.45) is 12.0 Å². The summed E-state index contributed by atoms with van der Waals surface area (Å²) in [5.74, 6) is 0.871. The van der Waals surface area contributed by atoms with Crippen LogP contribution in [0.3, 0.4) is 0 Å². The van der Waals surface area contributed by atoms with E-state index in [1.54, 1.807) is 25.0 Å². The van der Waals surface area contributed by atoms with Crippen LogP contribution < -0.4 is 5.32 Å². The van der Waals surface area contributed by atoms with Crippen molar-refractivity contribution >= 4 is 41.7 Å². The van der Waals surface area contributed by atoms with Crippen molar-refractivity contribution in [1.82, 2.24) is 20.0 Å². The summed E-state index contributed by atoms with van der Waals surface area (Å²) in [5, 5.41) is 7.54. The molecule has 0 unspecified atom stereocenters. The van der Waals surface area contributed by atoms with Gasteiger partial charge in [0.25, 0.3) is 0 Å². The molecule has 126 valence electrons. The van der Waals surface area contributed by atoms with Crippen molar-refractivity contribution in [3.05, 3.63) is 47.8 Å². The van der Waals surface area contributed by atoms with Crippen molar-refractivity contribution in [3.8, 4) is 0 Å². The number of aromatic nitrogens is 2. The van der Waals surface area contributed by atoms with Gasteiger partial charge in [-0.05, 0) is 30.0 Å². The highest BCUT2D eigenvalue weighted by atomic mass is 127. The molecule has 0 atom stereocenters. The monoisotopic (exact) mass is 445 g/mol. The molecule has 0 amide bonds. The standard InChI is InChI=1S/C16H23N5S.HI/c1-17-16(18-11-14-9-10-19-21(14)3)20(2)12-13-5-7-15(22-4)8-6-13;/h5-10H,11-12H2,1-4H3,(H,17,18);1H. The van der Waals surface area contributed by atoms with Gasteiger partial charge in [0.15, 0.2) is 5.96 Å². The minimum absolute atomic E-state index is 0. The number of nitrogens with zero attached hydrogens (tertiary/aromatic N) is 4. The topological polar surface area (TPSA) is 45.5 Å². The minimum atomic E-state index is 0. The van der Waals surface area contributed by atoms with Crippen LogP contribution in [0.1, 0.15) is 11.3 Å². The smallest absolute Gasteiger partial charge is 0.194 e. The number of thioether (sulfide) groups is 1. The van der Waals surface area contributed by atoms with Gasteiger partial charge in [0, 0.05) is 38.8 Å². The Labute approximate surface area is 159 Å². The van der Waals surface area contributed by atoms with Gasteiger partial charge in [-0.2, -0.15) is 5.10 Å². The average molecular weight is 445 g/mol. The maximum atomic E-state index is 4.34. The Bertz CT molecular complexity index is 624. The summed E-state index contributed by atoms with van der Waals surface area (Å²) in [4.78, 5) is 7.74. The predicted octanol–water partition coefficient (Wildman–Crippen LogP) is 2.97. The summed E-state index contributed by atoms with van der Waals surface area (Å²) in [5.41, 5.74) is 2.39. The quantitative estimate of drug-likeness (QED) is 0.333. The maximum Gasteiger partial charge on any atom is 0.194 e. The number of rotatable bonds is 5. The Balaban J connectivity index is 0.00000264. The molecule has 0 bridgehead atoms. The number of aryl methyl sites for hydroxylation is 1. The molecular weight excluding hydrogens is 421 g/mol. The largest absolute Gasteiger partial charge is 0.351 e. The number of hydrogen-bond acceptors (Lipinski definition) is 3. The normalized spacial score (nSPS) is 11.0. The van der Waals surface area contributed by atoms with Gasteiger partial charge in [-0.25, -0.2) is 0 Å². The first-order valence-corrected chi connectivity index (χ1v) is 8.38. The zero-order chi connectivity index (χ0) is 15.9. The van der Waals surface area contributed by atoms with Crippen molar-refractivity contribution < 1.29 is 0 Å². The van der Waals surface area contributed by atoms with E-state index in [1.165, 1.54) is 10.5 Å². The van der Waals surface area contributed by atoms with E-state index in [4.69, 9.17) is 0 Å². The molecule has 1 N–H and O–H groups in total. The molecule has 0 aliphatic rings. The first kappa shape index (κ1) is 19.8. The molecule has 0 saturated carbocycles. The van der Waals surface area contributed by atoms with Crippen LogP contribution in [0.15, 0.2) is 46.4 Å². The van der Waals surface area contributed by atoms with Gasteiger partial charge in [-0.15, -0.1) is 35.7 Å². The van der Waals surface area contributed by atoms with E-state index in [0.29, 0.717) is 6.54 Å². The molecule has 1 aromatic heterocycles. The number of hydrogen-bond donors (Lipinski definition) is 1. The van der Waals surface area contributed by atoms with Gasteiger partial charge in [-0.1, -0.05) is 12.1 Å². The van der Waals surface area contributed by atoms with E-state index in [1.807, 2.05) is 24.8 Å². The second-order valence-electron chi connectivity index (χ2n) is 5.05. The predicted molar refractivity (Wildman–Crippen MR) is 109 cm³/mol. The van der Waals surface area contributed by atoms with Crippen molar-refractivity contribution in [1.29, 1.82) is 0 Å². The van der Waals surface area contributed by atoms with Crippen LogP contribution in [0.4, 0.5) is 0 Å². The lowest BCUT2D eigenvalue weighted by atomic mass is 10.2. The second-order valence-corrected chi connectivity index (χ2v) is 5.93. The molecule has 23 heavy (non-hydrogen) atoms. The molecule has 2 aromatic rings. The van der Waals surface area contributed by atoms with Crippen LogP contribution in [-0.4, -0.2) is 41.0 Å². The zero-order valence-corrected chi connectivity index (χ0v) is 17.1. The molecule has 0 radical (unpaired) electrons. The highest BCUT2D eigenvalue weighted by Crippen LogP contribution is 2.15. The molecule has 1 aromatic carbocycles. The van der Waals surface area contributed by atoms with Gasteiger partial charge in [-0.3, -0.25) is 9.67 Å². The third-order valence-electron chi connectivity index (χ3n) is 3.50. The Kier molecular flexibility index (Phi) is 8.46. The average Bonchev–Trinajstić information content (AvgIpc) is 2.94. The van der Waals surface area contributed by atoms with Gasteiger partial charge >= 0.3 is 0 Å². The first-order chi connectivity index (χ1) is 10.6. The highest BCUT2D eigenvalue weighted by Gasteiger charge is 2.07. The fraction of sp³-hybridized carbons (Fsp3) is 0.375. The first-order valence-electron chi connectivity index (χ1n) is 7.15. The van der Waals surface area contributed by atoms with E-state index in [-0.39, 0.29) is 24.0 Å². The van der Waals surface area contributed by atoms with Crippen LogP contribution in [-0.2, 0) is 20.1 Å². The summed E-state index contributed by atoms with van der Waals surface area (Å²) in [6.07, 6.45) is 3.89. The van der Waals surface area contributed by atoms with Gasteiger partial charge in [0.2, 0.25) is 0 Å². The van der Waals surface area contributed by atoms with E-state index in [0.717, 1.165) is 18.2 Å². The Hall–Kier alpha value is -1.22. The van der Waals surface area contributed by atoms with Crippen LogP contribution in [0.5, 0.6) is 0 Å². The van der Waals surface area contributed by atoms with Gasteiger partial charge in [0.1, 0.15) is 0 Å². The molecule has 0 spiro atoms. The summed E-state index contributed by atoms with van der Waals surface area (Å²) in [7, 11) is 5.79.